The highest BCUT2D eigenvalue weighted by Gasteiger charge is 2.19. The van der Waals surface area contributed by atoms with Crippen LogP contribution in [0.4, 0.5) is 10.1 Å². The summed E-state index contributed by atoms with van der Waals surface area (Å²) >= 11 is 0. The van der Waals surface area contributed by atoms with Crippen molar-refractivity contribution < 1.29 is 12.8 Å². The van der Waals surface area contributed by atoms with Gasteiger partial charge >= 0.3 is 0 Å². The lowest BCUT2D eigenvalue weighted by Crippen LogP contribution is -2.24. The van der Waals surface area contributed by atoms with E-state index in [2.05, 4.69) is 9.82 Å². The van der Waals surface area contributed by atoms with Gasteiger partial charge in [-0.25, -0.2) is 17.5 Å². The summed E-state index contributed by atoms with van der Waals surface area (Å²) in [5.41, 5.74) is 7.23. The van der Waals surface area contributed by atoms with Crippen LogP contribution in [0.15, 0.2) is 29.3 Å². The van der Waals surface area contributed by atoms with Gasteiger partial charge in [0.1, 0.15) is 10.7 Å². The van der Waals surface area contributed by atoms with Crippen molar-refractivity contribution in [1.29, 1.82) is 0 Å². The number of aryl methyl sites for hydroxylation is 1. The van der Waals surface area contributed by atoms with Gasteiger partial charge in [0.05, 0.1) is 6.20 Å². The normalized spacial score (nSPS) is 11.8. The molecular formula is C12H15FN4O2S. The Kier molecular flexibility index (Phi) is 3.78. The lowest BCUT2D eigenvalue weighted by Gasteiger charge is -2.08. The summed E-state index contributed by atoms with van der Waals surface area (Å²) in [7, 11) is -2.21. The molecule has 1 heterocycles. The van der Waals surface area contributed by atoms with Gasteiger partial charge in [0.15, 0.2) is 0 Å². The van der Waals surface area contributed by atoms with Crippen LogP contribution in [0.2, 0.25) is 0 Å². The summed E-state index contributed by atoms with van der Waals surface area (Å²) in [6, 6.07) is 3.42. The highest BCUT2D eigenvalue weighted by atomic mass is 32.2. The molecule has 0 unspecified atom stereocenters. The summed E-state index contributed by atoms with van der Waals surface area (Å²) in [5, 5.41) is 4.01. The van der Waals surface area contributed by atoms with Crippen molar-refractivity contribution in [3.8, 4) is 0 Å². The van der Waals surface area contributed by atoms with E-state index in [0.29, 0.717) is 0 Å². The fourth-order valence-corrected chi connectivity index (χ4v) is 2.81. The van der Waals surface area contributed by atoms with Crippen LogP contribution in [0, 0.1) is 12.7 Å². The van der Waals surface area contributed by atoms with Gasteiger partial charge in [-0.15, -0.1) is 0 Å². The third kappa shape index (κ3) is 2.81. The zero-order valence-electron chi connectivity index (χ0n) is 11.1. The Balaban J connectivity index is 2.24. The average Bonchev–Trinajstić information content (AvgIpc) is 2.70. The number of aromatic nitrogens is 2. The Morgan fingerprint density at radius 1 is 1.45 bits per heavy atom. The summed E-state index contributed by atoms with van der Waals surface area (Å²) in [4.78, 5) is -0.459. The Bertz CT molecular complexity index is 740. The maximum atomic E-state index is 13.6. The van der Waals surface area contributed by atoms with E-state index in [1.165, 1.54) is 6.07 Å². The van der Waals surface area contributed by atoms with Crippen LogP contribution < -0.4 is 10.5 Å². The van der Waals surface area contributed by atoms with E-state index in [0.717, 1.165) is 23.4 Å². The predicted molar refractivity (Wildman–Crippen MR) is 72.8 cm³/mol. The molecule has 2 rings (SSSR count). The number of benzene rings is 1. The Morgan fingerprint density at radius 2 is 2.15 bits per heavy atom. The molecule has 20 heavy (non-hydrogen) atoms. The molecule has 1 aromatic carbocycles. The second kappa shape index (κ2) is 5.22. The van der Waals surface area contributed by atoms with Crippen LogP contribution in [-0.4, -0.2) is 18.2 Å². The third-order valence-electron chi connectivity index (χ3n) is 3.03. The SMILES string of the molecule is Cc1c(CNS(=O)(=O)c2cc(N)ccc2F)cnn1C. The molecule has 0 saturated heterocycles. The summed E-state index contributed by atoms with van der Waals surface area (Å²) in [6.07, 6.45) is 1.56. The molecule has 2 aromatic rings. The van der Waals surface area contributed by atoms with Crippen LogP contribution in [-0.2, 0) is 23.6 Å². The lowest BCUT2D eigenvalue weighted by molar-refractivity contribution is 0.557. The molecule has 0 radical (unpaired) electrons. The van der Waals surface area contributed by atoms with E-state index in [9.17, 15) is 12.8 Å². The highest BCUT2D eigenvalue weighted by molar-refractivity contribution is 7.89. The van der Waals surface area contributed by atoms with E-state index in [1.54, 1.807) is 17.9 Å². The van der Waals surface area contributed by atoms with Crippen molar-refractivity contribution in [2.45, 2.75) is 18.4 Å². The fourth-order valence-electron chi connectivity index (χ4n) is 1.69. The first kappa shape index (κ1) is 14.5. The molecular weight excluding hydrogens is 283 g/mol. The molecule has 8 heteroatoms. The number of anilines is 1. The van der Waals surface area contributed by atoms with Crippen LogP contribution in [0.3, 0.4) is 0 Å². The van der Waals surface area contributed by atoms with Crippen molar-refractivity contribution in [2.24, 2.45) is 7.05 Å². The minimum atomic E-state index is -3.96. The van der Waals surface area contributed by atoms with Crippen LogP contribution in [0.25, 0.3) is 0 Å². The second-order valence-electron chi connectivity index (χ2n) is 4.39. The Morgan fingerprint density at radius 3 is 2.75 bits per heavy atom. The molecule has 0 aliphatic rings. The maximum Gasteiger partial charge on any atom is 0.243 e. The van der Waals surface area contributed by atoms with E-state index >= 15 is 0 Å². The van der Waals surface area contributed by atoms with Crippen molar-refractivity contribution in [1.82, 2.24) is 14.5 Å². The predicted octanol–water partition coefficient (Wildman–Crippen LogP) is 0.928. The van der Waals surface area contributed by atoms with Crippen molar-refractivity contribution in [3.63, 3.8) is 0 Å². The molecule has 0 fully saturated rings. The molecule has 0 atom stereocenters. The smallest absolute Gasteiger partial charge is 0.243 e. The van der Waals surface area contributed by atoms with Crippen LogP contribution in [0.5, 0.6) is 0 Å². The zero-order chi connectivity index (χ0) is 14.9. The Hall–Kier alpha value is -1.93. The van der Waals surface area contributed by atoms with Crippen molar-refractivity contribution in [2.75, 3.05) is 5.73 Å². The van der Waals surface area contributed by atoms with Crippen LogP contribution in [0.1, 0.15) is 11.3 Å². The molecule has 0 amide bonds. The number of halogens is 1. The number of nitrogens with two attached hydrogens (primary N) is 1. The minimum absolute atomic E-state index is 0.0379. The highest BCUT2D eigenvalue weighted by Crippen LogP contribution is 2.18. The van der Waals surface area contributed by atoms with Crippen molar-refractivity contribution >= 4 is 15.7 Å². The molecule has 0 aliphatic carbocycles. The molecule has 0 bridgehead atoms. The largest absolute Gasteiger partial charge is 0.399 e. The van der Waals surface area contributed by atoms with Gasteiger partial charge in [-0.3, -0.25) is 4.68 Å². The standard InChI is InChI=1S/C12H15FN4O2S/c1-8-9(6-15-17(8)2)7-16-20(18,19)12-5-10(14)3-4-11(12)13/h3-6,16H,7,14H2,1-2H3. The van der Waals surface area contributed by atoms with Gasteiger partial charge in [-0.05, 0) is 25.1 Å². The average molecular weight is 298 g/mol. The number of rotatable bonds is 4. The number of hydrogen-bond donors (Lipinski definition) is 2. The summed E-state index contributed by atoms with van der Waals surface area (Å²) in [6.45, 7) is 1.86. The molecule has 0 saturated carbocycles. The van der Waals surface area contributed by atoms with Crippen molar-refractivity contribution in [3.05, 3.63) is 41.5 Å². The number of nitrogen functional groups attached to an aromatic ring is 1. The molecule has 3 N–H and O–H groups in total. The molecule has 0 aliphatic heterocycles. The summed E-state index contributed by atoms with van der Waals surface area (Å²) < 4.78 is 41.7. The third-order valence-corrected chi connectivity index (χ3v) is 4.45. The van der Waals surface area contributed by atoms with E-state index < -0.39 is 20.7 Å². The van der Waals surface area contributed by atoms with E-state index in [1.807, 2.05) is 6.92 Å². The minimum Gasteiger partial charge on any atom is -0.399 e. The monoisotopic (exact) mass is 298 g/mol. The first-order valence-electron chi connectivity index (χ1n) is 5.83. The first-order chi connectivity index (χ1) is 9.31. The summed E-state index contributed by atoms with van der Waals surface area (Å²) in [5.74, 6) is -0.838. The molecule has 6 nitrogen and oxygen atoms in total. The van der Waals surface area contributed by atoms with Gasteiger partial charge in [-0.1, -0.05) is 0 Å². The topological polar surface area (TPSA) is 90.0 Å². The number of nitrogens with one attached hydrogen (secondary N) is 1. The first-order valence-corrected chi connectivity index (χ1v) is 7.32. The van der Waals surface area contributed by atoms with Gasteiger partial charge in [0.25, 0.3) is 0 Å². The number of hydrogen-bond acceptors (Lipinski definition) is 4. The number of sulfonamides is 1. The Labute approximate surface area is 116 Å². The maximum absolute atomic E-state index is 13.6. The molecule has 1 aromatic heterocycles. The fraction of sp³-hybridized carbons (Fsp3) is 0.250. The van der Waals surface area contributed by atoms with Gasteiger partial charge in [0.2, 0.25) is 10.0 Å². The van der Waals surface area contributed by atoms with E-state index in [4.69, 9.17) is 5.73 Å². The number of nitrogens with zero attached hydrogens (tertiary/aromatic N) is 2. The van der Waals surface area contributed by atoms with Gasteiger partial charge in [-0.2, -0.15) is 5.10 Å². The quantitative estimate of drug-likeness (QED) is 0.822. The molecule has 108 valence electrons. The second-order valence-corrected chi connectivity index (χ2v) is 6.13. The van der Waals surface area contributed by atoms with E-state index in [-0.39, 0.29) is 12.2 Å². The van der Waals surface area contributed by atoms with Gasteiger partial charge < -0.3 is 5.73 Å². The van der Waals surface area contributed by atoms with Crippen LogP contribution >= 0.6 is 0 Å². The lowest BCUT2D eigenvalue weighted by atomic mass is 10.3. The van der Waals surface area contributed by atoms with Gasteiger partial charge in [0, 0.05) is 30.5 Å². The zero-order valence-corrected chi connectivity index (χ0v) is 11.9. The molecule has 0 spiro atoms.